The van der Waals surface area contributed by atoms with Gasteiger partial charge in [0.25, 0.3) is 0 Å². The number of nitrogens with two attached hydrogens (primary N) is 1. The topological polar surface area (TPSA) is 78.6 Å². The minimum atomic E-state index is -3.65. The van der Waals surface area contributed by atoms with Gasteiger partial charge in [-0.1, -0.05) is 54.6 Å². The predicted octanol–water partition coefficient (Wildman–Crippen LogP) is 4.36. The van der Waals surface area contributed by atoms with Gasteiger partial charge in [0.2, 0.25) is 10.0 Å². The normalized spacial score (nSPS) is 14.9. The van der Waals surface area contributed by atoms with Crippen LogP contribution in [0.3, 0.4) is 0 Å². The van der Waals surface area contributed by atoms with Crippen LogP contribution in [0, 0.1) is 0 Å². The van der Waals surface area contributed by atoms with E-state index < -0.39 is 10.0 Å². The number of rotatable bonds is 6. The maximum Gasteiger partial charge on any atom is 0.213 e. The summed E-state index contributed by atoms with van der Waals surface area (Å²) in [7, 11) is -2.03. The number of benzene rings is 3. The minimum Gasteiger partial charge on any atom is -0.496 e. The molecule has 0 aromatic heterocycles. The molecule has 0 bridgehead atoms. The fourth-order valence-electron chi connectivity index (χ4n) is 3.86. The molecule has 0 aliphatic carbocycles. The molecule has 6 heteroatoms. The molecule has 1 unspecified atom stereocenters. The van der Waals surface area contributed by atoms with Gasteiger partial charge in [-0.25, -0.2) is 13.6 Å². The van der Waals surface area contributed by atoms with Crippen LogP contribution in [0.1, 0.15) is 28.4 Å². The second-order valence-corrected chi connectivity index (χ2v) is 8.91. The third-order valence-corrected chi connectivity index (χ3v) is 5.89. The molecule has 1 heterocycles. The first-order valence-electron chi connectivity index (χ1n) is 9.56. The van der Waals surface area contributed by atoms with Crippen LogP contribution in [0.2, 0.25) is 0 Å². The van der Waals surface area contributed by atoms with E-state index in [2.05, 4.69) is 18.7 Å². The zero-order chi connectivity index (χ0) is 21.3. The summed E-state index contributed by atoms with van der Waals surface area (Å²) in [6.07, 6.45) is 2.28. The van der Waals surface area contributed by atoms with Gasteiger partial charge in [0.05, 0.1) is 18.4 Å². The highest BCUT2D eigenvalue weighted by molar-refractivity contribution is 7.88. The Morgan fingerprint density at radius 1 is 1.10 bits per heavy atom. The lowest BCUT2D eigenvalue weighted by Crippen LogP contribution is -2.18. The molecular weight excluding hydrogens is 398 g/mol. The summed E-state index contributed by atoms with van der Waals surface area (Å²) < 4.78 is 35.2. The van der Waals surface area contributed by atoms with Crippen molar-refractivity contribution in [2.45, 2.75) is 18.3 Å². The van der Waals surface area contributed by atoms with Crippen molar-refractivity contribution in [1.29, 1.82) is 0 Å². The van der Waals surface area contributed by atoms with Crippen molar-refractivity contribution in [2.24, 2.45) is 5.14 Å². The summed E-state index contributed by atoms with van der Waals surface area (Å²) in [5, 5.41) is 5.27. The second kappa shape index (κ2) is 7.97. The van der Waals surface area contributed by atoms with E-state index in [0.29, 0.717) is 11.3 Å². The summed E-state index contributed by atoms with van der Waals surface area (Å²) in [5.41, 5.74) is 5.44. The van der Waals surface area contributed by atoms with E-state index >= 15 is 0 Å². The largest absolute Gasteiger partial charge is 0.496 e. The molecule has 1 atom stereocenters. The Hall–Kier alpha value is -3.09. The smallest absolute Gasteiger partial charge is 0.213 e. The van der Waals surface area contributed by atoms with Gasteiger partial charge in [0.1, 0.15) is 17.6 Å². The number of primary sulfonamides is 1. The van der Waals surface area contributed by atoms with E-state index in [1.807, 2.05) is 48.5 Å². The quantitative estimate of drug-likeness (QED) is 0.600. The highest BCUT2D eigenvalue weighted by atomic mass is 32.2. The lowest BCUT2D eigenvalue weighted by molar-refractivity contribution is 0.242. The maximum absolute atomic E-state index is 11.6. The van der Waals surface area contributed by atoms with Crippen LogP contribution in [-0.2, 0) is 22.2 Å². The number of hydrogen-bond donors (Lipinski definition) is 1. The van der Waals surface area contributed by atoms with Crippen molar-refractivity contribution >= 4 is 10.0 Å². The van der Waals surface area contributed by atoms with E-state index in [1.54, 1.807) is 13.2 Å². The molecule has 0 saturated carbocycles. The minimum absolute atomic E-state index is 0.232. The third kappa shape index (κ3) is 3.97. The van der Waals surface area contributed by atoms with Crippen LogP contribution in [0.15, 0.2) is 73.3 Å². The molecule has 0 fully saturated rings. The lowest BCUT2D eigenvalue weighted by atomic mass is 9.88. The molecule has 2 N–H and O–H groups in total. The molecule has 0 saturated heterocycles. The number of methoxy groups -OCH3 is 1. The van der Waals surface area contributed by atoms with Gasteiger partial charge < -0.3 is 9.47 Å². The van der Waals surface area contributed by atoms with Gasteiger partial charge in [0, 0.05) is 5.56 Å². The van der Waals surface area contributed by atoms with E-state index in [1.165, 1.54) is 0 Å². The Labute approximate surface area is 176 Å². The van der Waals surface area contributed by atoms with Crippen LogP contribution in [-0.4, -0.2) is 15.5 Å². The third-order valence-electron chi connectivity index (χ3n) is 5.15. The maximum atomic E-state index is 11.6. The molecule has 5 nitrogen and oxygen atoms in total. The summed E-state index contributed by atoms with van der Waals surface area (Å²) >= 11 is 0. The van der Waals surface area contributed by atoms with Crippen molar-refractivity contribution in [1.82, 2.24) is 0 Å². The SMILES string of the molecule is C=CCc1ccc(C2Oc3cccc(OC)c3-c3ccc(CS(N)(=O)=O)cc32)cc1. The fourth-order valence-corrected chi connectivity index (χ4v) is 4.50. The highest BCUT2D eigenvalue weighted by Gasteiger charge is 2.30. The first kappa shape index (κ1) is 20.2. The number of hydrogen-bond acceptors (Lipinski definition) is 4. The van der Waals surface area contributed by atoms with Crippen LogP contribution in [0.25, 0.3) is 11.1 Å². The van der Waals surface area contributed by atoms with E-state index in [4.69, 9.17) is 14.6 Å². The number of fused-ring (bicyclic) bond motifs is 3. The number of allylic oxidation sites excluding steroid dienone is 1. The molecule has 4 rings (SSSR count). The zero-order valence-electron chi connectivity index (χ0n) is 16.7. The number of sulfonamides is 1. The van der Waals surface area contributed by atoms with Gasteiger partial charge in [-0.05, 0) is 40.8 Å². The molecule has 0 radical (unpaired) electrons. The predicted molar refractivity (Wildman–Crippen MR) is 118 cm³/mol. The van der Waals surface area contributed by atoms with Crippen LogP contribution in [0.4, 0.5) is 0 Å². The second-order valence-electron chi connectivity index (χ2n) is 7.29. The Balaban J connectivity index is 1.87. The van der Waals surface area contributed by atoms with Gasteiger partial charge >= 0.3 is 0 Å². The van der Waals surface area contributed by atoms with E-state index in [-0.39, 0.29) is 11.9 Å². The van der Waals surface area contributed by atoms with Gasteiger partial charge in [0.15, 0.2) is 0 Å². The molecule has 0 amide bonds. The molecule has 30 heavy (non-hydrogen) atoms. The average molecular weight is 422 g/mol. The Morgan fingerprint density at radius 3 is 2.50 bits per heavy atom. The zero-order valence-corrected chi connectivity index (χ0v) is 17.5. The van der Waals surface area contributed by atoms with Gasteiger partial charge in [-0.15, -0.1) is 6.58 Å². The molecule has 3 aromatic rings. The first-order valence-corrected chi connectivity index (χ1v) is 11.3. The summed E-state index contributed by atoms with van der Waals surface area (Å²) in [4.78, 5) is 0. The van der Waals surface area contributed by atoms with Crippen LogP contribution in [0.5, 0.6) is 11.5 Å². The van der Waals surface area contributed by atoms with Crippen molar-refractivity contribution < 1.29 is 17.9 Å². The van der Waals surface area contributed by atoms with E-state index in [0.717, 1.165) is 40.0 Å². The summed E-state index contributed by atoms with van der Waals surface area (Å²) in [6, 6.07) is 19.4. The fraction of sp³-hybridized carbons (Fsp3) is 0.167. The molecule has 0 spiro atoms. The average Bonchev–Trinajstić information content (AvgIpc) is 2.72. The first-order chi connectivity index (χ1) is 14.4. The Morgan fingerprint density at radius 2 is 1.83 bits per heavy atom. The molecule has 1 aliphatic heterocycles. The van der Waals surface area contributed by atoms with Crippen molar-refractivity contribution in [2.75, 3.05) is 7.11 Å². The highest BCUT2D eigenvalue weighted by Crippen LogP contribution is 2.49. The molecule has 3 aromatic carbocycles. The Kier molecular flexibility index (Phi) is 5.37. The summed E-state index contributed by atoms with van der Waals surface area (Å²) in [6.45, 7) is 3.78. The summed E-state index contributed by atoms with van der Waals surface area (Å²) in [5.74, 6) is 1.19. The molecule has 154 valence electrons. The van der Waals surface area contributed by atoms with Gasteiger partial charge in [-0.3, -0.25) is 0 Å². The van der Waals surface area contributed by atoms with Crippen molar-refractivity contribution in [3.63, 3.8) is 0 Å². The lowest BCUT2D eigenvalue weighted by Gasteiger charge is -2.30. The van der Waals surface area contributed by atoms with Crippen LogP contribution < -0.4 is 14.6 Å². The van der Waals surface area contributed by atoms with Gasteiger partial charge in [-0.2, -0.15) is 0 Å². The van der Waals surface area contributed by atoms with Crippen molar-refractivity contribution in [3.8, 4) is 22.6 Å². The van der Waals surface area contributed by atoms with Crippen molar-refractivity contribution in [3.05, 3.63) is 95.6 Å². The van der Waals surface area contributed by atoms with Crippen LogP contribution >= 0.6 is 0 Å². The molecule has 1 aliphatic rings. The Bertz CT molecular complexity index is 1200. The number of ether oxygens (including phenoxy) is 2. The van der Waals surface area contributed by atoms with E-state index in [9.17, 15) is 8.42 Å². The molecular formula is C24H23NO4S. The standard InChI is InChI=1S/C24H23NO4S/c1-3-5-16-8-11-18(12-9-16)24-20-14-17(15-30(25,26)27)10-13-19(20)23-21(28-2)6-4-7-22(23)29-24/h3-4,6-14,24H,1,5,15H2,2H3,(H2,25,26,27). The monoisotopic (exact) mass is 421 g/mol.